The lowest BCUT2D eigenvalue weighted by atomic mass is 9.96. The molecule has 20 heavy (non-hydrogen) atoms. The first kappa shape index (κ1) is 14.5. The Hall–Kier alpha value is -1.88. The van der Waals surface area contributed by atoms with Crippen molar-refractivity contribution in [2.75, 3.05) is 23.8 Å². The second-order valence-electron chi connectivity index (χ2n) is 5.10. The van der Waals surface area contributed by atoms with Gasteiger partial charge in [-0.3, -0.25) is 14.5 Å². The van der Waals surface area contributed by atoms with Gasteiger partial charge in [-0.2, -0.15) is 0 Å². The topological polar surface area (TPSA) is 72.6 Å². The van der Waals surface area contributed by atoms with Crippen molar-refractivity contribution in [1.29, 1.82) is 0 Å². The van der Waals surface area contributed by atoms with Crippen LogP contribution in [0.5, 0.6) is 0 Å². The van der Waals surface area contributed by atoms with Crippen LogP contribution in [0.1, 0.15) is 26.2 Å². The average molecular weight is 276 g/mol. The zero-order valence-corrected chi connectivity index (χ0v) is 11.7. The summed E-state index contributed by atoms with van der Waals surface area (Å²) in [5.74, 6) is -0.165. The minimum Gasteiger partial charge on any atom is -0.399 e. The highest BCUT2D eigenvalue weighted by atomic mass is 16.5. The molecule has 2 rings (SSSR count). The van der Waals surface area contributed by atoms with Crippen molar-refractivity contribution in [1.82, 2.24) is 0 Å². The molecule has 5 heteroatoms. The van der Waals surface area contributed by atoms with Crippen LogP contribution in [-0.2, 0) is 14.3 Å². The number of hydrogen-bond donors (Lipinski definition) is 1. The minimum atomic E-state index is -0.285. The van der Waals surface area contributed by atoms with Gasteiger partial charge in [-0.25, -0.2) is 0 Å². The van der Waals surface area contributed by atoms with Gasteiger partial charge in [-0.15, -0.1) is 0 Å². The Morgan fingerprint density at radius 2 is 2.05 bits per heavy atom. The summed E-state index contributed by atoms with van der Waals surface area (Å²) in [6.07, 6.45) is 2.11. The number of amides is 2. The average Bonchev–Trinajstić information content (AvgIpc) is 2.39. The van der Waals surface area contributed by atoms with E-state index in [0.29, 0.717) is 36.9 Å². The van der Waals surface area contributed by atoms with Crippen molar-refractivity contribution in [3.8, 4) is 0 Å². The number of nitrogens with two attached hydrogens (primary N) is 1. The van der Waals surface area contributed by atoms with Crippen molar-refractivity contribution in [3.63, 3.8) is 0 Å². The Balaban J connectivity index is 2.11. The molecule has 0 aromatic heterocycles. The molecule has 2 N–H and O–H groups in total. The fraction of sp³-hybridized carbons (Fsp3) is 0.467. The van der Waals surface area contributed by atoms with Gasteiger partial charge in [0.05, 0.1) is 5.69 Å². The lowest BCUT2D eigenvalue weighted by Crippen LogP contribution is -2.37. The summed E-state index contributed by atoms with van der Waals surface area (Å²) in [5.41, 5.74) is 6.79. The maximum Gasteiger partial charge on any atom is 0.234 e. The highest BCUT2D eigenvalue weighted by molar-refractivity contribution is 6.14. The van der Waals surface area contributed by atoms with E-state index in [4.69, 9.17) is 10.5 Å². The zero-order chi connectivity index (χ0) is 14.5. The van der Waals surface area contributed by atoms with Crippen LogP contribution in [0.2, 0.25) is 0 Å². The molecular weight excluding hydrogens is 256 g/mol. The quantitative estimate of drug-likeness (QED) is 0.857. The van der Waals surface area contributed by atoms with Crippen molar-refractivity contribution >= 4 is 23.2 Å². The number of benzene rings is 1. The second kappa shape index (κ2) is 6.52. The molecule has 1 aliphatic heterocycles. The molecule has 1 fully saturated rings. The Morgan fingerprint density at radius 3 is 2.65 bits per heavy atom. The van der Waals surface area contributed by atoms with Crippen LogP contribution in [0.25, 0.3) is 0 Å². The second-order valence-corrected chi connectivity index (χ2v) is 5.10. The number of nitrogens with zero attached hydrogens (tertiary/aromatic N) is 1. The smallest absolute Gasteiger partial charge is 0.234 e. The third kappa shape index (κ3) is 3.57. The van der Waals surface area contributed by atoms with E-state index in [1.165, 1.54) is 11.8 Å². The molecule has 0 atom stereocenters. The Kier molecular flexibility index (Phi) is 4.74. The highest BCUT2D eigenvalue weighted by Crippen LogP contribution is 2.23. The lowest BCUT2D eigenvalue weighted by Gasteiger charge is -2.25. The number of nitrogen functional groups attached to an aromatic ring is 1. The maximum atomic E-state index is 12.4. The molecule has 108 valence electrons. The first-order valence-electron chi connectivity index (χ1n) is 6.84. The highest BCUT2D eigenvalue weighted by Gasteiger charge is 2.24. The van der Waals surface area contributed by atoms with Gasteiger partial charge >= 0.3 is 0 Å². The molecule has 1 aliphatic rings. The lowest BCUT2D eigenvalue weighted by molar-refractivity contribution is -0.126. The molecule has 0 radical (unpaired) electrons. The maximum absolute atomic E-state index is 12.4. The summed E-state index contributed by atoms with van der Waals surface area (Å²) >= 11 is 0. The Labute approximate surface area is 118 Å². The molecule has 2 amide bonds. The Morgan fingerprint density at radius 1 is 1.35 bits per heavy atom. The normalized spacial score (nSPS) is 15.8. The van der Waals surface area contributed by atoms with Gasteiger partial charge in [0.1, 0.15) is 0 Å². The number of rotatable bonds is 3. The monoisotopic (exact) mass is 276 g/mol. The third-order valence-electron chi connectivity index (χ3n) is 3.50. The summed E-state index contributed by atoms with van der Waals surface area (Å²) in [6.45, 7) is 2.78. The molecule has 1 aromatic rings. The predicted molar refractivity (Wildman–Crippen MR) is 77.2 cm³/mol. The molecule has 0 aliphatic carbocycles. The summed E-state index contributed by atoms with van der Waals surface area (Å²) in [7, 11) is 0. The van der Waals surface area contributed by atoms with E-state index < -0.39 is 0 Å². The van der Waals surface area contributed by atoms with Crippen LogP contribution in [0, 0.1) is 5.92 Å². The predicted octanol–water partition coefficient (Wildman–Crippen LogP) is 1.97. The van der Waals surface area contributed by atoms with E-state index in [9.17, 15) is 9.59 Å². The zero-order valence-electron chi connectivity index (χ0n) is 11.7. The standard InChI is InChI=1S/C15H20N2O3/c1-11(18)17(14-4-2-3-13(16)10-14)15(19)9-12-5-7-20-8-6-12/h2-4,10,12H,5-9,16H2,1H3. The van der Waals surface area contributed by atoms with Gasteiger partial charge in [-0.05, 0) is 37.0 Å². The van der Waals surface area contributed by atoms with E-state index in [0.717, 1.165) is 12.8 Å². The van der Waals surface area contributed by atoms with Crippen molar-refractivity contribution in [2.45, 2.75) is 26.2 Å². The van der Waals surface area contributed by atoms with Crippen LogP contribution in [-0.4, -0.2) is 25.0 Å². The van der Waals surface area contributed by atoms with Crippen LogP contribution in [0.3, 0.4) is 0 Å². The largest absolute Gasteiger partial charge is 0.399 e. The molecular formula is C15H20N2O3. The van der Waals surface area contributed by atoms with E-state index in [-0.39, 0.29) is 11.8 Å². The summed E-state index contributed by atoms with van der Waals surface area (Å²) < 4.78 is 5.28. The first-order valence-corrected chi connectivity index (χ1v) is 6.84. The van der Waals surface area contributed by atoms with Crippen molar-refractivity contribution in [3.05, 3.63) is 24.3 Å². The molecule has 5 nitrogen and oxygen atoms in total. The summed E-state index contributed by atoms with van der Waals surface area (Å²) in [6, 6.07) is 6.83. The third-order valence-corrected chi connectivity index (χ3v) is 3.50. The molecule has 0 saturated carbocycles. The van der Waals surface area contributed by atoms with E-state index in [1.807, 2.05) is 0 Å². The number of carbonyl (C=O) groups is 2. The minimum absolute atomic E-state index is 0.171. The van der Waals surface area contributed by atoms with Gasteiger partial charge in [-0.1, -0.05) is 6.07 Å². The van der Waals surface area contributed by atoms with Crippen LogP contribution < -0.4 is 10.6 Å². The van der Waals surface area contributed by atoms with Crippen LogP contribution in [0.15, 0.2) is 24.3 Å². The van der Waals surface area contributed by atoms with Crippen LogP contribution in [0.4, 0.5) is 11.4 Å². The van der Waals surface area contributed by atoms with E-state index in [2.05, 4.69) is 0 Å². The fourth-order valence-electron chi connectivity index (χ4n) is 2.45. The fourth-order valence-corrected chi connectivity index (χ4v) is 2.45. The van der Waals surface area contributed by atoms with Gasteiger partial charge < -0.3 is 10.5 Å². The molecule has 1 saturated heterocycles. The number of hydrogen-bond acceptors (Lipinski definition) is 4. The number of carbonyl (C=O) groups excluding carboxylic acids is 2. The number of imide groups is 1. The molecule has 1 aromatic carbocycles. The first-order chi connectivity index (χ1) is 9.58. The van der Waals surface area contributed by atoms with Crippen molar-refractivity contribution in [2.24, 2.45) is 5.92 Å². The summed E-state index contributed by atoms with van der Waals surface area (Å²) in [5, 5.41) is 0. The molecule has 0 bridgehead atoms. The van der Waals surface area contributed by atoms with Gasteiger partial charge in [0.15, 0.2) is 0 Å². The van der Waals surface area contributed by atoms with Gasteiger partial charge in [0, 0.05) is 32.2 Å². The van der Waals surface area contributed by atoms with E-state index >= 15 is 0 Å². The SMILES string of the molecule is CC(=O)N(C(=O)CC1CCOCC1)c1cccc(N)c1. The van der Waals surface area contributed by atoms with Gasteiger partial charge in [0.25, 0.3) is 0 Å². The number of anilines is 2. The Bertz CT molecular complexity index is 496. The molecule has 0 spiro atoms. The van der Waals surface area contributed by atoms with Gasteiger partial charge in [0.2, 0.25) is 11.8 Å². The van der Waals surface area contributed by atoms with Crippen LogP contribution >= 0.6 is 0 Å². The molecule has 0 unspecified atom stereocenters. The summed E-state index contributed by atoms with van der Waals surface area (Å²) in [4.78, 5) is 25.4. The van der Waals surface area contributed by atoms with E-state index in [1.54, 1.807) is 24.3 Å². The number of ether oxygens (including phenoxy) is 1. The molecule has 1 heterocycles. The van der Waals surface area contributed by atoms with Crippen molar-refractivity contribution < 1.29 is 14.3 Å².